The number of halogens is 1. The lowest BCUT2D eigenvalue weighted by Crippen LogP contribution is -2.37. The summed E-state index contributed by atoms with van der Waals surface area (Å²) in [6.45, 7) is 0. The molecule has 1 aromatic heterocycles. The zero-order valence-electron chi connectivity index (χ0n) is 10.9. The number of aryl methyl sites for hydroxylation is 1. The van der Waals surface area contributed by atoms with Crippen LogP contribution in [0, 0.1) is 0 Å². The Morgan fingerprint density at radius 2 is 1.89 bits per heavy atom. The topological polar surface area (TPSA) is 54.9 Å². The molecule has 19 heavy (non-hydrogen) atoms. The Balaban J connectivity index is 1.79. The maximum absolute atomic E-state index is 12.4. The fourth-order valence-electron chi connectivity index (χ4n) is 3.09. The lowest BCUT2D eigenvalue weighted by molar-refractivity contribution is 0.0921. The molecule has 1 saturated carbocycles. The number of nitrogens with zero attached hydrogens (tertiary/aromatic N) is 2. The van der Waals surface area contributed by atoms with E-state index >= 15 is 0 Å². The van der Waals surface area contributed by atoms with Crippen molar-refractivity contribution in [3.63, 3.8) is 0 Å². The number of hydrogen-bond acceptors (Lipinski definition) is 3. The Morgan fingerprint density at radius 3 is 2.68 bits per heavy atom. The zero-order valence-corrected chi connectivity index (χ0v) is 11.7. The Morgan fingerprint density at radius 1 is 1.11 bits per heavy atom. The van der Waals surface area contributed by atoms with Crippen molar-refractivity contribution in [2.24, 2.45) is 0 Å². The minimum absolute atomic E-state index is 0.0747. The highest BCUT2D eigenvalue weighted by molar-refractivity contribution is 6.28. The maximum atomic E-state index is 12.4. The minimum atomic E-state index is -0.0747. The molecular formula is C14H18ClN3O. The van der Waals surface area contributed by atoms with E-state index in [0.29, 0.717) is 11.7 Å². The summed E-state index contributed by atoms with van der Waals surface area (Å²) in [4.78, 5) is 20.7. The first-order chi connectivity index (χ1) is 9.24. The van der Waals surface area contributed by atoms with Crippen molar-refractivity contribution in [3.05, 3.63) is 22.2 Å². The summed E-state index contributed by atoms with van der Waals surface area (Å²) in [6, 6.07) is 0.298. The number of rotatable bonds is 2. The van der Waals surface area contributed by atoms with Crippen LogP contribution in [0.3, 0.4) is 0 Å². The summed E-state index contributed by atoms with van der Waals surface area (Å²) in [5, 5.41) is 3.29. The SMILES string of the molecule is O=C(NC1CCCCC1)c1nc(Cl)nc2c1CCC2. The first-order valence-corrected chi connectivity index (χ1v) is 7.48. The number of hydrogen-bond donors (Lipinski definition) is 1. The minimum Gasteiger partial charge on any atom is -0.348 e. The van der Waals surface area contributed by atoms with Crippen LogP contribution in [0.4, 0.5) is 0 Å². The molecule has 0 aromatic carbocycles. The predicted octanol–water partition coefficient (Wildman–Crippen LogP) is 2.68. The van der Waals surface area contributed by atoms with Gasteiger partial charge in [-0.15, -0.1) is 0 Å². The number of carbonyl (C=O) groups is 1. The number of nitrogens with one attached hydrogen (secondary N) is 1. The lowest BCUT2D eigenvalue weighted by atomic mass is 9.95. The highest BCUT2D eigenvalue weighted by Crippen LogP contribution is 2.25. The first kappa shape index (κ1) is 12.9. The van der Waals surface area contributed by atoms with Gasteiger partial charge < -0.3 is 5.32 Å². The van der Waals surface area contributed by atoms with Crippen LogP contribution in [0.5, 0.6) is 0 Å². The molecule has 0 saturated heterocycles. The third-order valence-electron chi connectivity index (χ3n) is 4.06. The van der Waals surface area contributed by atoms with E-state index in [1.165, 1.54) is 19.3 Å². The van der Waals surface area contributed by atoms with Crippen molar-refractivity contribution >= 4 is 17.5 Å². The third kappa shape index (κ3) is 2.73. The Hall–Kier alpha value is -1.16. The second-order valence-corrected chi connectivity index (χ2v) is 5.77. The van der Waals surface area contributed by atoms with Crippen LogP contribution < -0.4 is 5.32 Å². The fraction of sp³-hybridized carbons (Fsp3) is 0.643. The Labute approximate surface area is 118 Å². The Bertz CT molecular complexity index is 498. The Kier molecular flexibility index (Phi) is 3.69. The van der Waals surface area contributed by atoms with Crippen LogP contribution in [0.2, 0.25) is 5.28 Å². The summed E-state index contributed by atoms with van der Waals surface area (Å²) >= 11 is 5.91. The molecule has 0 unspecified atom stereocenters. The van der Waals surface area contributed by atoms with Gasteiger partial charge in [0.15, 0.2) is 0 Å². The molecule has 0 bridgehead atoms. The van der Waals surface area contributed by atoms with E-state index in [2.05, 4.69) is 15.3 Å². The summed E-state index contributed by atoms with van der Waals surface area (Å²) in [6.07, 6.45) is 8.66. The van der Waals surface area contributed by atoms with E-state index in [0.717, 1.165) is 43.4 Å². The molecule has 1 aromatic rings. The summed E-state index contributed by atoms with van der Waals surface area (Å²) in [5.41, 5.74) is 2.45. The van der Waals surface area contributed by atoms with Crippen LogP contribution in [0.1, 0.15) is 60.3 Å². The summed E-state index contributed by atoms with van der Waals surface area (Å²) < 4.78 is 0. The van der Waals surface area contributed by atoms with Crippen molar-refractivity contribution < 1.29 is 4.79 Å². The van der Waals surface area contributed by atoms with Gasteiger partial charge in [0.05, 0.1) is 0 Å². The van der Waals surface area contributed by atoms with Crippen LogP contribution in [0.25, 0.3) is 0 Å². The molecule has 1 heterocycles. The quantitative estimate of drug-likeness (QED) is 0.847. The van der Waals surface area contributed by atoms with Crippen molar-refractivity contribution in [2.45, 2.75) is 57.4 Å². The zero-order chi connectivity index (χ0) is 13.2. The van der Waals surface area contributed by atoms with Gasteiger partial charge in [-0.05, 0) is 43.7 Å². The maximum Gasteiger partial charge on any atom is 0.270 e. The van der Waals surface area contributed by atoms with Crippen LogP contribution >= 0.6 is 11.6 Å². The first-order valence-electron chi connectivity index (χ1n) is 7.10. The molecular weight excluding hydrogens is 262 g/mol. The molecule has 1 fully saturated rings. The molecule has 4 nitrogen and oxygen atoms in total. The van der Waals surface area contributed by atoms with Crippen molar-refractivity contribution in [1.82, 2.24) is 15.3 Å². The molecule has 0 atom stereocenters. The van der Waals surface area contributed by atoms with E-state index in [4.69, 9.17) is 11.6 Å². The molecule has 1 amide bonds. The largest absolute Gasteiger partial charge is 0.348 e. The molecule has 0 spiro atoms. The molecule has 5 heteroatoms. The van der Waals surface area contributed by atoms with Crippen LogP contribution in [0.15, 0.2) is 0 Å². The van der Waals surface area contributed by atoms with E-state index in [1.807, 2.05) is 0 Å². The smallest absolute Gasteiger partial charge is 0.270 e. The van der Waals surface area contributed by atoms with Gasteiger partial charge in [-0.25, -0.2) is 9.97 Å². The van der Waals surface area contributed by atoms with Gasteiger partial charge in [-0.1, -0.05) is 19.3 Å². The van der Waals surface area contributed by atoms with Crippen molar-refractivity contribution in [2.75, 3.05) is 0 Å². The number of aromatic nitrogens is 2. The third-order valence-corrected chi connectivity index (χ3v) is 4.23. The van der Waals surface area contributed by atoms with Gasteiger partial charge in [-0.2, -0.15) is 0 Å². The summed E-state index contributed by atoms with van der Waals surface area (Å²) in [7, 11) is 0. The van der Waals surface area contributed by atoms with E-state index < -0.39 is 0 Å². The summed E-state index contributed by atoms with van der Waals surface area (Å²) in [5.74, 6) is -0.0747. The van der Waals surface area contributed by atoms with Gasteiger partial charge in [0.1, 0.15) is 5.69 Å². The monoisotopic (exact) mass is 279 g/mol. The fourth-order valence-corrected chi connectivity index (χ4v) is 3.28. The van der Waals surface area contributed by atoms with Gasteiger partial charge in [0.25, 0.3) is 5.91 Å². The highest BCUT2D eigenvalue weighted by atomic mass is 35.5. The average molecular weight is 280 g/mol. The van der Waals surface area contributed by atoms with Gasteiger partial charge >= 0.3 is 0 Å². The standard InChI is InChI=1S/C14H18ClN3O/c15-14-17-11-8-4-7-10(11)12(18-14)13(19)16-9-5-2-1-3-6-9/h9H,1-8H2,(H,16,19). The highest BCUT2D eigenvalue weighted by Gasteiger charge is 2.25. The van der Waals surface area contributed by atoms with Gasteiger partial charge in [0.2, 0.25) is 5.28 Å². The second-order valence-electron chi connectivity index (χ2n) is 5.43. The van der Waals surface area contributed by atoms with Gasteiger partial charge in [0, 0.05) is 17.3 Å². The molecule has 0 radical (unpaired) electrons. The van der Waals surface area contributed by atoms with E-state index in [1.54, 1.807) is 0 Å². The molecule has 102 valence electrons. The normalized spacial score (nSPS) is 19.2. The molecule has 2 aliphatic carbocycles. The van der Waals surface area contributed by atoms with E-state index in [9.17, 15) is 4.79 Å². The number of carbonyl (C=O) groups excluding carboxylic acids is 1. The van der Waals surface area contributed by atoms with Gasteiger partial charge in [-0.3, -0.25) is 4.79 Å². The molecule has 0 aliphatic heterocycles. The predicted molar refractivity (Wildman–Crippen MR) is 73.4 cm³/mol. The lowest BCUT2D eigenvalue weighted by Gasteiger charge is -2.23. The molecule has 2 aliphatic rings. The van der Waals surface area contributed by atoms with Crippen LogP contribution in [-0.4, -0.2) is 21.9 Å². The van der Waals surface area contributed by atoms with Crippen molar-refractivity contribution in [3.8, 4) is 0 Å². The van der Waals surface area contributed by atoms with Crippen molar-refractivity contribution in [1.29, 1.82) is 0 Å². The number of amides is 1. The number of fused-ring (bicyclic) bond motifs is 1. The van der Waals surface area contributed by atoms with Crippen LogP contribution in [-0.2, 0) is 12.8 Å². The molecule has 3 rings (SSSR count). The average Bonchev–Trinajstić information content (AvgIpc) is 2.86. The molecule has 1 N–H and O–H groups in total. The second kappa shape index (κ2) is 5.45. The van der Waals surface area contributed by atoms with E-state index in [-0.39, 0.29) is 11.2 Å².